The highest BCUT2D eigenvalue weighted by Gasteiger charge is 2.40. The third-order valence-corrected chi connectivity index (χ3v) is 6.93. The lowest BCUT2D eigenvalue weighted by Gasteiger charge is -2.42. The fourth-order valence-electron chi connectivity index (χ4n) is 5.22. The standard InChI is InChI=1S/C27H36N2O5/c1-17(2)22-11-9-18(3)23-13-21(34-27(32)12-10-20-15-29(5)16-28-20)7-6-8-25(31)26(14-24(22)23)33-19(4)30/h6,8-10,12,15-17,21-24,26H,7,11,13-14H2,1-5H3/b8-6-,12-10?. The maximum Gasteiger partial charge on any atom is 0.331 e. The van der Waals surface area contributed by atoms with E-state index in [4.69, 9.17) is 9.47 Å². The van der Waals surface area contributed by atoms with Crippen LogP contribution in [0.25, 0.3) is 6.08 Å². The molecule has 2 aliphatic rings. The molecule has 3 rings (SSSR count). The first-order chi connectivity index (χ1) is 16.1. The third-order valence-electron chi connectivity index (χ3n) is 6.93. The van der Waals surface area contributed by atoms with Gasteiger partial charge in [-0.15, -0.1) is 0 Å². The number of carbonyl (C=O) groups is 3. The van der Waals surface area contributed by atoms with Crippen molar-refractivity contribution in [1.29, 1.82) is 0 Å². The summed E-state index contributed by atoms with van der Waals surface area (Å²) in [6, 6.07) is 0. The van der Waals surface area contributed by atoms with Crippen LogP contribution in [0.2, 0.25) is 0 Å². The summed E-state index contributed by atoms with van der Waals surface area (Å²) in [4.78, 5) is 41.4. The van der Waals surface area contributed by atoms with Gasteiger partial charge in [0.2, 0.25) is 0 Å². The van der Waals surface area contributed by atoms with Crippen molar-refractivity contribution < 1.29 is 23.9 Å². The van der Waals surface area contributed by atoms with E-state index in [2.05, 4.69) is 31.8 Å². The second kappa shape index (κ2) is 11.4. The summed E-state index contributed by atoms with van der Waals surface area (Å²) in [6.07, 6.45) is 13.3. The molecule has 0 N–H and O–H groups in total. The predicted octanol–water partition coefficient (Wildman–Crippen LogP) is 4.44. The maximum atomic E-state index is 12.9. The van der Waals surface area contributed by atoms with Gasteiger partial charge in [0.1, 0.15) is 6.10 Å². The molecule has 5 unspecified atom stereocenters. The van der Waals surface area contributed by atoms with Gasteiger partial charge in [-0.1, -0.05) is 31.6 Å². The fourth-order valence-corrected chi connectivity index (χ4v) is 5.22. The minimum absolute atomic E-state index is 0.135. The molecular formula is C27H36N2O5. The van der Waals surface area contributed by atoms with Crippen molar-refractivity contribution in [2.24, 2.45) is 30.7 Å². The second-order valence-corrected chi connectivity index (χ2v) is 9.83. The first-order valence-electron chi connectivity index (χ1n) is 12.0. The molecule has 1 aromatic rings. The Bertz CT molecular complexity index is 987. The van der Waals surface area contributed by atoms with Crippen LogP contribution < -0.4 is 0 Å². The number of hydrogen-bond acceptors (Lipinski definition) is 6. The molecule has 1 aromatic heterocycles. The summed E-state index contributed by atoms with van der Waals surface area (Å²) in [7, 11) is 1.86. The zero-order chi connectivity index (χ0) is 24.8. The molecule has 0 amide bonds. The molecule has 0 spiro atoms. The summed E-state index contributed by atoms with van der Waals surface area (Å²) >= 11 is 0. The van der Waals surface area contributed by atoms with Crippen molar-refractivity contribution in [2.45, 2.75) is 65.6 Å². The minimum Gasteiger partial charge on any atom is -0.459 e. The van der Waals surface area contributed by atoms with Gasteiger partial charge in [-0.2, -0.15) is 0 Å². The van der Waals surface area contributed by atoms with Gasteiger partial charge >= 0.3 is 11.9 Å². The van der Waals surface area contributed by atoms with Crippen LogP contribution in [0.4, 0.5) is 0 Å². The molecule has 7 nitrogen and oxygen atoms in total. The number of imidazole rings is 1. The van der Waals surface area contributed by atoms with Gasteiger partial charge in [0.15, 0.2) is 11.9 Å². The topological polar surface area (TPSA) is 87.5 Å². The molecule has 0 radical (unpaired) electrons. The minimum atomic E-state index is -0.784. The van der Waals surface area contributed by atoms with Crippen LogP contribution in [0.1, 0.15) is 59.1 Å². The first-order valence-corrected chi connectivity index (χ1v) is 12.0. The molecule has 34 heavy (non-hydrogen) atoms. The normalized spacial score (nSPS) is 28.8. The van der Waals surface area contributed by atoms with Crippen LogP contribution in [0, 0.1) is 23.7 Å². The van der Waals surface area contributed by atoms with E-state index < -0.39 is 18.0 Å². The van der Waals surface area contributed by atoms with Crippen molar-refractivity contribution in [3.63, 3.8) is 0 Å². The van der Waals surface area contributed by atoms with Gasteiger partial charge in [-0.25, -0.2) is 9.78 Å². The monoisotopic (exact) mass is 468 g/mol. The zero-order valence-corrected chi connectivity index (χ0v) is 20.8. The number of ketones is 1. The van der Waals surface area contributed by atoms with E-state index in [1.807, 2.05) is 13.2 Å². The van der Waals surface area contributed by atoms with E-state index in [1.165, 1.54) is 24.6 Å². The Kier molecular flexibility index (Phi) is 8.64. The predicted molar refractivity (Wildman–Crippen MR) is 129 cm³/mol. The fraction of sp³-hybridized carbons (Fsp3) is 0.556. The van der Waals surface area contributed by atoms with Crippen LogP contribution in [-0.4, -0.2) is 39.5 Å². The van der Waals surface area contributed by atoms with Crippen molar-refractivity contribution in [3.05, 3.63) is 48.1 Å². The average molecular weight is 469 g/mol. The van der Waals surface area contributed by atoms with E-state index in [9.17, 15) is 14.4 Å². The molecule has 1 heterocycles. The highest BCUT2D eigenvalue weighted by atomic mass is 16.5. The molecule has 0 aromatic carbocycles. The summed E-state index contributed by atoms with van der Waals surface area (Å²) < 4.78 is 13.1. The number of nitrogens with zero attached hydrogens (tertiary/aromatic N) is 2. The molecule has 0 saturated carbocycles. The third kappa shape index (κ3) is 6.78. The summed E-state index contributed by atoms with van der Waals surface area (Å²) in [6.45, 7) is 7.83. The Labute approximate surface area is 201 Å². The Morgan fingerprint density at radius 2 is 1.97 bits per heavy atom. The Morgan fingerprint density at radius 1 is 1.21 bits per heavy atom. The second-order valence-electron chi connectivity index (χ2n) is 9.83. The van der Waals surface area contributed by atoms with Crippen LogP contribution >= 0.6 is 0 Å². The molecule has 7 heteroatoms. The van der Waals surface area contributed by atoms with Gasteiger partial charge in [0.05, 0.1) is 12.0 Å². The molecule has 0 bridgehead atoms. The van der Waals surface area contributed by atoms with Crippen LogP contribution in [-0.2, 0) is 30.9 Å². The molecule has 184 valence electrons. The van der Waals surface area contributed by atoms with Gasteiger partial charge in [-0.05, 0) is 62.0 Å². The molecule has 0 saturated heterocycles. The molecule has 5 atom stereocenters. The maximum absolute atomic E-state index is 12.9. The largest absolute Gasteiger partial charge is 0.459 e. The van der Waals surface area contributed by atoms with Crippen molar-refractivity contribution >= 4 is 23.8 Å². The molecule has 0 fully saturated rings. The van der Waals surface area contributed by atoms with Gasteiger partial charge < -0.3 is 14.0 Å². The summed E-state index contributed by atoms with van der Waals surface area (Å²) in [5, 5.41) is 0. The first kappa shape index (κ1) is 25.7. The number of fused-ring (bicyclic) bond motifs is 1. The quantitative estimate of drug-likeness (QED) is 0.361. The van der Waals surface area contributed by atoms with E-state index in [-0.39, 0.29) is 23.7 Å². The van der Waals surface area contributed by atoms with Crippen molar-refractivity contribution in [3.8, 4) is 0 Å². The number of rotatable bonds is 5. The van der Waals surface area contributed by atoms with Crippen LogP contribution in [0.5, 0.6) is 0 Å². The lowest BCUT2D eigenvalue weighted by atomic mass is 9.64. The lowest BCUT2D eigenvalue weighted by molar-refractivity contribution is -0.153. The van der Waals surface area contributed by atoms with E-state index in [0.717, 1.165) is 6.42 Å². The van der Waals surface area contributed by atoms with Crippen LogP contribution in [0.15, 0.2) is 42.4 Å². The zero-order valence-electron chi connectivity index (χ0n) is 20.8. The molecule has 2 aliphatic carbocycles. The number of aromatic nitrogens is 2. The number of hydrogen-bond donors (Lipinski definition) is 0. The summed E-state index contributed by atoms with van der Waals surface area (Å²) in [5.74, 6) is -0.0541. The van der Waals surface area contributed by atoms with Gasteiger partial charge in [0.25, 0.3) is 0 Å². The Balaban J connectivity index is 1.85. The Morgan fingerprint density at radius 3 is 2.62 bits per heavy atom. The lowest BCUT2D eigenvalue weighted by Crippen LogP contribution is -2.39. The van der Waals surface area contributed by atoms with Crippen molar-refractivity contribution in [1.82, 2.24) is 9.55 Å². The number of esters is 2. The number of carbonyl (C=O) groups excluding carboxylic acids is 3. The smallest absolute Gasteiger partial charge is 0.331 e. The summed E-state index contributed by atoms with van der Waals surface area (Å²) in [5.41, 5.74) is 1.92. The average Bonchev–Trinajstić information content (AvgIpc) is 3.18. The van der Waals surface area contributed by atoms with Crippen molar-refractivity contribution in [2.75, 3.05) is 0 Å². The SMILES string of the molecule is CC(=O)OC1CC2C(CC(OC(=O)C=Cc3cn(C)cn3)C/C=C\C1=O)C(C)=CCC2C(C)C. The van der Waals surface area contributed by atoms with Crippen LogP contribution in [0.3, 0.4) is 0 Å². The molecular weight excluding hydrogens is 432 g/mol. The highest BCUT2D eigenvalue weighted by Crippen LogP contribution is 2.44. The van der Waals surface area contributed by atoms with Gasteiger partial charge in [-0.3, -0.25) is 9.59 Å². The number of allylic oxidation sites excluding steroid dienone is 2. The Hall–Kier alpha value is -2.96. The van der Waals surface area contributed by atoms with E-state index >= 15 is 0 Å². The molecule has 0 aliphatic heterocycles. The van der Waals surface area contributed by atoms with Gasteiger partial charge in [0, 0.05) is 32.7 Å². The number of aryl methyl sites for hydroxylation is 1. The van der Waals surface area contributed by atoms with E-state index in [1.54, 1.807) is 23.0 Å². The van der Waals surface area contributed by atoms with E-state index in [0.29, 0.717) is 36.8 Å². The number of ether oxygens (including phenoxy) is 2. The highest BCUT2D eigenvalue weighted by molar-refractivity contribution is 5.94.